The Morgan fingerprint density at radius 3 is 1.20 bits per heavy atom. The minimum atomic E-state index is -5.11. The van der Waals surface area contributed by atoms with Crippen LogP contribution in [-0.4, -0.2) is 49.2 Å². The second-order valence-electron chi connectivity index (χ2n) is 10.6. The molecule has 11 nitrogen and oxygen atoms in total. The molecule has 0 heterocycles. The number of hydrogen-bond donors (Lipinski definition) is 1. The van der Waals surface area contributed by atoms with E-state index in [4.69, 9.17) is 4.55 Å². The molecule has 246 valence electrons. The Morgan fingerprint density at radius 1 is 0.614 bits per heavy atom. The van der Waals surface area contributed by atoms with Gasteiger partial charge in [-0.15, -0.1) is 0 Å². The molecule has 0 aromatic rings. The molecule has 44 heavy (non-hydrogen) atoms. The molecule has 0 radical (unpaired) electrons. The Morgan fingerprint density at radius 2 is 0.932 bits per heavy atom. The van der Waals surface area contributed by atoms with Crippen molar-refractivity contribution in [3.05, 3.63) is 0 Å². The molecule has 0 bridgehead atoms. The molecular weight excluding hydrogens is 645 g/mol. The molecule has 0 aromatic heterocycles. The minimum absolute atomic E-state index is 0. The van der Waals surface area contributed by atoms with E-state index >= 15 is 0 Å². The molecule has 0 saturated carbocycles. The van der Waals surface area contributed by atoms with Crippen molar-refractivity contribution in [2.24, 2.45) is 0 Å². The van der Waals surface area contributed by atoms with Crippen LogP contribution in [0.2, 0.25) is 0 Å². The summed E-state index contributed by atoms with van der Waals surface area (Å²) < 4.78 is 63.5. The predicted molar refractivity (Wildman–Crippen MR) is 153 cm³/mol. The maximum Gasteiger partial charge on any atom is 1.00 e. The van der Waals surface area contributed by atoms with Gasteiger partial charge in [0.2, 0.25) is 10.4 Å². The van der Waals surface area contributed by atoms with E-state index in [-0.39, 0.29) is 102 Å². The first kappa shape index (κ1) is 55.1. The largest absolute Gasteiger partial charge is 1.00 e. The summed E-state index contributed by atoms with van der Waals surface area (Å²) in [6.07, 6.45) is 19.4. The average Bonchev–Trinajstić information content (AvgIpc) is 2.86. The Kier molecular flexibility index (Phi) is 43.3. The minimum Gasteiger partial charge on any atom is -0.726 e. The Balaban J connectivity index is -0.000000227. The number of rotatable bonds is 27. The summed E-state index contributed by atoms with van der Waals surface area (Å²) in [5, 5.41) is 21.8. The average molecular weight is 699 g/mol. The van der Waals surface area contributed by atoms with Crippen molar-refractivity contribution in [2.45, 2.75) is 160 Å². The van der Waals surface area contributed by atoms with E-state index in [9.17, 15) is 41.2 Å². The molecule has 0 spiro atoms. The standard InChI is InChI=1S/C16H30O7S.C12H26O4S.3Na/c1-2-3-4-5-6-7-8-9-10-11-12-16(15(19)20,13-14(17)18)24(21,22)23;1-2-3-4-5-6-7-8-9-10-11-12-16-17(13,14)15;;;/h2-13H2,1H3,(H,17,18)(H,19,20)(H,21,22,23);2-12H2,1H3,(H,13,14,15);;;/q;;3*+1/p-3. The van der Waals surface area contributed by atoms with Gasteiger partial charge in [-0.3, -0.25) is 8.74 Å². The third-order valence-electron chi connectivity index (χ3n) is 6.96. The molecule has 1 atom stereocenters. The number of carboxylic acid groups (broad SMARTS) is 2. The van der Waals surface area contributed by atoms with Crippen LogP contribution in [0.5, 0.6) is 0 Å². The third-order valence-corrected chi connectivity index (χ3v) is 8.91. The summed E-state index contributed by atoms with van der Waals surface area (Å²) in [5.41, 5.74) is 0. The SMILES string of the molecule is CCCCCCCCCCCCC(CC(=O)[O-])(C(=O)[O-])S(=O)(=O)O.CCCCCCCCCCCCOS(=O)(=O)[O-].[Na+].[Na+].[Na+]. The van der Waals surface area contributed by atoms with E-state index in [1.165, 1.54) is 70.6 Å². The summed E-state index contributed by atoms with van der Waals surface area (Å²) >= 11 is 0. The molecular formula is C28H53Na3O11S2. The zero-order valence-electron chi connectivity index (χ0n) is 28.1. The molecule has 1 unspecified atom stereocenters. The van der Waals surface area contributed by atoms with Gasteiger partial charge >= 0.3 is 88.7 Å². The number of hydrogen-bond acceptors (Lipinski definition) is 10. The van der Waals surface area contributed by atoms with Crippen molar-refractivity contribution in [3.63, 3.8) is 0 Å². The molecule has 0 aliphatic rings. The van der Waals surface area contributed by atoms with E-state index < -0.39 is 50.0 Å². The van der Waals surface area contributed by atoms with Gasteiger partial charge in [0.1, 0.15) is 4.75 Å². The van der Waals surface area contributed by atoms with Crippen molar-refractivity contribution in [3.8, 4) is 0 Å². The normalized spacial score (nSPS) is 12.4. The molecule has 0 amide bonds. The van der Waals surface area contributed by atoms with Gasteiger partial charge in [-0.2, -0.15) is 8.42 Å². The van der Waals surface area contributed by atoms with Gasteiger partial charge in [0, 0.05) is 12.4 Å². The summed E-state index contributed by atoms with van der Waals surface area (Å²) in [6.45, 7) is 4.40. The van der Waals surface area contributed by atoms with Crippen molar-refractivity contribution in [1.29, 1.82) is 0 Å². The maximum atomic E-state index is 11.4. The van der Waals surface area contributed by atoms with Crippen LogP contribution in [-0.2, 0) is 34.3 Å². The Hall–Kier alpha value is 1.72. The number of carboxylic acids is 2. The van der Waals surface area contributed by atoms with Gasteiger partial charge in [-0.25, -0.2) is 8.42 Å². The van der Waals surface area contributed by atoms with E-state index in [0.717, 1.165) is 38.5 Å². The van der Waals surface area contributed by atoms with Crippen LogP contribution >= 0.6 is 0 Å². The van der Waals surface area contributed by atoms with Crippen LogP contribution in [0.15, 0.2) is 0 Å². The van der Waals surface area contributed by atoms with Crippen LogP contribution in [0.1, 0.15) is 155 Å². The number of aliphatic carboxylic acids is 2. The zero-order valence-corrected chi connectivity index (χ0v) is 35.7. The third kappa shape index (κ3) is 33.6. The summed E-state index contributed by atoms with van der Waals surface area (Å²) in [7, 11) is -9.60. The zero-order chi connectivity index (χ0) is 31.6. The predicted octanol–water partition coefficient (Wildman–Crippen LogP) is -4.79. The van der Waals surface area contributed by atoms with Gasteiger partial charge < -0.3 is 24.4 Å². The van der Waals surface area contributed by atoms with E-state index in [2.05, 4.69) is 18.0 Å². The van der Waals surface area contributed by atoms with Crippen LogP contribution in [0, 0.1) is 0 Å². The van der Waals surface area contributed by atoms with Gasteiger partial charge in [-0.1, -0.05) is 136 Å². The molecule has 0 aromatic carbocycles. The molecule has 1 N–H and O–H groups in total. The quantitative estimate of drug-likeness (QED) is 0.0374. The van der Waals surface area contributed by atoms with E-state index in [1.54, 1.807) is 0 Å². The van der Waals surface area contributed by atoms with E-state index in [1.807, 2.05) is 0 Å². The monoisotopic (exact) mass is 698 g/mol. The van der Waals surface area contributed by atoms with Crippen LogP contribution in [0.3, 0.4) is 0 Å². The second-order valence-corrected chi connectivity index (χ2v) is 13.4. The van der Waals surface area contributed by atoms with Crippen molar-refractivity contribution in [2.75, 3.05) is 6.61 Å². The number of unbranched alkanes of at least 4 members (excludes halogenated alkanes) is 18. The smallest absolute Gasteiger partial charge is 0.726 e. The topological polar surface area (TPSA) is 201 Å². The number of carbonyl (C=O) groups excluding carboxylic acids is 2. The fourth-order valence-corrected chi connectivity index (χ4v) is 5.70. The molecule has 0 rings (SSSR count). The van der Waals surface area contributed by atoms with Crippen molar-refractivity contribution in [1.82, 2.24) is 0 Å². The first-order valence-corrected chi connectivity index (χ1v) is 18.0. The van der Waals surface area contributed by atoms with Gasteiger partial charge in [0.25, 0.3) is 10.1 Å². The van der Waals surface area contributed by atoms with Gasteiger partial charge in [-0.05, 0) is 12.8 Å². The molecule has 0 saturated heterocycles. The molecule has 0 aliphatic heterocycles. The maximum absolute atomic E-state index is 11.4. The molecule has 0 fully saturated rings. The van der Waals surface area contributed by atoms with Gasteiger partial charge in [0.05, 0.1) is 12.6 Å². The summed E-state index contributed by atoms with van der Waals surface area (Å²) in [6, 6.07) is 0. The Labute approximate surface area is 333 Å². The van der Waals surface area contributed by atoms with Crippen molar-refractivity contribution < 1.29 is 139 Å². The summed E-state index contributed by atoms with van der Waals surface area (Å²) in [4.78, 5) is 21.8. The molecule has 16 heteroatoms. The first-order valence-electron chi connectivity index (χ1n) is 15.2. The van der Waals surface area contributed by atoms with Crippen LogP contribution in [0.4, 0.5) is 0 Å². The van der Waals surface area contributed by atoms with Crippen molar-refractivity contribution >= 4 is 32.5 Å². The first-order chi connectivity index (χ1) is 19.2. The Bertz CT molecular complexity index is 889. The fraction of sp³-hybridized carbons (Fsp3) is 0.929. The van der Waals surface area contributed by atoms with Gasteiger partial charge in [0.15, 0.2) is 0 Å². The second kappa shape index (κ2) is 34.6. The van der Waals surface area contributed by atoms with E-state index in [0.29, 0.717) is 12.8 Å². The number of carbonyl (C=O) groups is 2. The van der Waals surface area contributed by atoms with Crippen LogP contribution in [0.25, 0.3) is 0 Å². The van der Waals surface area contributed by atoms with Crippen LogP contribution < -0.4 is 98.9 Å². The summed E-state index contributed by atoms with van der Waals surface area (Å²) in [5.74, 6) is -3.96. The fourth-order valence-electron chi connectivity index (χ4n) is 4.47. The molecule has 0 aliphatic carbocycles.